The van der Waals surface area contributed by atoms with Crippen LogP contribution in [0.5, 0.6) is 0 Å². The molecule has 1 unspecified atom stereocenters. The summed E-state index contributed by atoms with van der Waals surface area (Å²) < 4.78 is 35.7. The highest BCUT2D eigenvalue weighted by Gasteiger charge is 2.25. The number of phosphoric acid groups is 1. The van der Waals surface area contributed by atoms with Crippen LogP contribution in [-0.4, -0.2) is 76.2 Å². The molecule has 0 fully saturated rings. The number of hydrogen-bond donors (Lipinski definition) is 1. The number of hydrogen-bond acceptors (Lipinski definition) is 5. The van der Waals surface area contributed by atoms with Crippen LogP contribution < -0.4 is 0 Å². The second-order valence-corrected chi connectivity index (χ2v) is 17.2. The molecule has 1 N–H and O–H groups in total. The van der Waals surface area contributed by atoms with Gasteiger partial charge in [0.15, 0.2) is 0 Å². The maximum absolute atomic E-state index is 12.5. The SMILES string of the molecule is CCCCCCCC/C=C\CCCCCCCCOC[C@H](COP(=O)(O)OCC[N+](C)(C)C)OCCCCCCCCCCCCCCCC. The normalized spacial score (nSPS) is 14.1. The van der Waals surface area contributed by atoms with Crippen molar-refractivity contribution in [3.8, 4) is 0 Å². The summed E-state index contributed by atoms with van der Waals surface area (Å²) in [5.41, 5.74) is 0. The van der Waals surface area contributed by atoms with Crippen molar-refractivity contribution < 1.29 is 32.5 Å². The summed E-state index contributed by atoms with van der Waals surface area (Å²) in [5, 5.41) is 0. The van der Waals surface area contributed by atoms with Crippen LogP contribution in [0.15, 0.2) is 12.2 Å². The van der Waals surface area contributed by atoms with E-state index in [0.29, 0.717) is 30.8 Å². The van der Waals surface area contributed by atoms with Crippen LogP contribution >= 0.6 is 7.82 Å². The Balaban J connectivity index is 4.09. The fourth-order valence-corrected chi connectivity index (χ4v) is 6.74. The summed E-state index contributed by atoms with van der Waals surface area (Å²) in [4.78, 5) is 10.2. The predicted molar refractivity (Wildman–Crippen MR) is 215 cm³/mol. The molecule has 0 bridgehead atoms. The van der Waals surface area contributed by atoms with Gasteiger partial charge in [0, 0.05) is 13.2 Å². The molecule has 0 saturated heterocycles. The average molecular weight is 733 g/mol. The van der Waals surface area contributed by atoms with Crippen molar-refractivity contribution in [2.24, 2.45) is 0 Å². The molecule has 0 aliphatic carbocycles. The highest BCUT2D eigenvalue weighted by Crippen LogP contribution is 2.43. The van der Waals surface area contributed by atoms with Crippen LogP contribution in [0.1, 0.15) is 194 Å². The summed E-state index contributed by atoms with van der Waals surface area (Å²) in [7, 11) is 1.91. The van der Waals surface area contributed by atoms with E-state index in [1.165, 1.54) is 161 Å². The van der Waals surface area contributed by atoms with Gasteiger partial charge in [-0.05, 0) is 38.5 Å². The summed E-state index contributed by atoms with van der Waals surface area (Å²) in [6.07, 6.45) is 40.9. The lowest BCUT2D eigenvalue weighted by Crippen LogP contribution is -2.37. The maximum atomic E-state index is 12.5. The molecule has 0 aromatic carbocycles. The molecule has 0 aromatic rings. The third kappa shape index (κ3) is 40.5. The standard InChI is InChI=1S/C42H86NO6P/c1-6-8-10-12-14-16-18-20-22-23-24-26-28-30-32-34-37-46-40-42(41-49-50(44,45)48-39-36-43(3,4)5)47-38-35-33-31-29-27-25-21-19-17-15-13-11-9-7-2/h20,22,42H,6-19,21,23-41H2,1-5H3/p+1/b22-20-/t42-/m1/s1. The first-order valence-corrected chi connectivity index (χ1v) is 23.0. The first-order chi connectivity index (χ1) is 24.2. The van der Waals surface area contributed by atoms with E-state index in [-0.39, 0.29) is 19.3 Å². The number of rotatable bonds is 41. The molecule has 2 atom stereocenters. The zero-order valence-corrected chi connectivity index (χ0v) is 35.1. The first kappa shape index (κ1) is 49.7. The number of allylic oxidation sites excluding steroid dienone is 2. The minimum Gasteiger partial charge on any atom is -0.379 e. The Morgan fingerprint density at radius 3 is 1.36 bits per heavy atom. The molecule has 0 amide bonds. The van der Waals surface area contributed by atoms with Gasteiger partial charge in [0.05, 0.1) is 34.4 Å². The smallest absolute Gasteiger partial charge is 0.379 e. The zero-order chi connectivity index (χ0) is 36.9. The Kier molecular flexibility index (Phi) is 36.9. The van der Waals surface area contributed by atoms with Crippen LogP contribution in [0.3, 0.4) is 0 Å². The topological polar surface area (TPSA) is 74.2 Å². The van der Waals surface area contributed by atoms with Crippen LogP contribution in [0.4, 0.5) is 0 Å². The molecule has 0 radical (unpaired) electrons. The van der Waals surface area contributed by atoms with E-state index in [0.717, 1.165) is 19.3 Å². The van der Waals surface area contributed by atoms with Crippen molar-refractivity contribution in [3.05, 3.63) is 12.2 Å². The molecule has 0 aliphatic rings. The third-order valence-corrected chi connectivity index (χ3v) is 10.4. The molecule has 0 aliphatic heterocycles. The van der Waals surface area contributed by atoms with Crippen molar-refractivity contribution in [1.82, 2.24) is 0 Å². The van der Waals surface area contributed by atoms with Gasteiger partial charge in [-0.1, -0.05) is 167 Å². The fraction of sp³-hybridized carbons (Fsp3) is 0.952. The lowest BCUT2D eigenvalue weighted by atomic mass is 10.0. The van der Waals surface area contributed by atoms with Crippen molar-refractivity contribution in [2.45, 2.75) is 200 Å². The molecular formula is C42H87NO6P+. The first-order valence-electron chi connectivity index (χ1n) is 21.5. The minimum absolute atomic E-state index is 0.00976. The van der Waals surface area contributed by atoms with Gasteiger partial charge in [-0.2, -0.15) is 0 Å². The summed E-state index contributed by atoms with van der Waals surface area (Å²) >= 11 is 0. The van der Waals surface area contributed by atoms with Crippen molar-refractivity contribution in [2.75, 3.05) is 60.7 Å². The molecule has 0 rings (SSSR count). The zero-order valence-electron chi connectivity index (χ0n) is 34.2. The highest BCUT2D eigenvalue weighted by molar-refractivity contribution is 7.47. The van der Waals surface area contributed by atoms with Gasteiger partial charge in [-0.15, -0.1) is 0 Å². The Hall–Kier alpha value is -0.270. The molecule has 7 nitrogen and oxygen atoms in total. The Morgan fingerprint density at radius 1 is 0.520 bits per heavy atom. The van der Waals surface area contributed by atoms with Crippen LogP contribution in [0, 0.1) is 0 Å². The van der Waals surface area contributed by atoms with E-state index in [1.54, 1.807) is 0 Å². The number of phosphoric ester groups is 1. The lowest BCUT2D eigenvalue weighted by Gasteiger charge is -2.24. The number of ether oxygens (including phenoxy) is 2. The Bertz CT molecular complexity index is 759. The number of likely N-dealkylation sites (N-methyl/N-ethyl adjacent to an activating group) is 1. The third-order valence-electron chi connectivity index (χ3n) is 9.40. The van der Waals surface area contributed by atoms with Crippen LogP contribution in [0.25, 0.3) is 0 Å². The molecular weight excluding hydrogens is 645 g/mol. The van der Waals surface area contributed by atoms with Crippen molar-refractivity contribution in [3.63, 3.8) is 0 Å². The van der Waals surface area contributed by atoms with E-state index < -0.39 is 7.82 Å². The molecule has 0 saturated carbocycles. The summed E-state index contributed by atoms with van der Waals surface area (Å²) in [6, 6.07) is 0. The molecule has 8 heteroatoms. The lowest BCUT2D eigenvalue weighted by molar-refractivity contribution is -0.870. The molecule has 300 valence electrons. The summed E-state index contributed by atoms with van der Waals surface area (Å²) in [5.74, 6) is 0. The van der Waals surface area contributed by atoms with Crippen molar-refractivity contribution >= 4 is 7.82 Å². The van der Waals surface area contributed by atoms with E-state index in [1.807, 2.05) is 21.1 Å². The van der Waals surface area contributed by atoms with E-state index in [9.17, 15) is 9.46 Å². The van der Waals surface area contributed by atoms with Gasteiger partial charge in [-0.25, -0.2) is 4.57 Å². The van der Waals surface area contributed by atoms with Gasteiger partial charge in [0.2, 0.25) is 0 Å². The van der Waals surface area contributed by atoms with Gasteiger partial charge in [-0.3, -0.25) is 9.05 Å². The second kappa shape index (κ2) is 37.1. The summed E-state index contributed by atoms with van der Waals surface area (Å²) in [6.45, 7) is 6.97. The molecule has 0 aromatic heterocycles. The Labute approximate surface area is 312 Å². The van der Waals surface area contributed by atoms with E-state index in [2.05, 4.69) is 26.0 Å². The maximum Gasteiger partial charge on any atom is 0.472 e. The Morgan fingerprint density at radius 2 is 0.920 bits per heavy atom. The molecule has 50 heavy (non-hydrogen) atoms. The van der Waals surface area contributed by atoms with Gasteiger partial charge in [0.1, 0.15) is 19.3 Å². The highest BCUT2D eigenvalue weighted by atomic mass is 31.2. The minimum atomic E-state index is -4.14. The quantitative estimate of drug-likeness (QED) is 0.0292. The van der Waals surface area contributed by atoms with Crippen LogP contribution in [0.2, 0.25) is 0 Å². The van der Waals surface area contributed by atoms with E-state index >= 15 is 0 Å². The molecule has 0 heterocycles. The second-order valence-electron chi connectivity index (χ2n) is 15.7. The average Bonchev–Trinajstić information content (AvgIpc) is 3.07. The predicted octanol–water partition coefficient (Wildman–Crippen LogP) is 12.7. The molecule has 0 spiro atoms. The number of unbranched alkanes of at least 4 members (excludes halogenated alkanes) is 25. The van der Waals surface area contributed by atoms with Crippen LogP contribution in [-0.2, 0) is 23.1 Å². The fourth-order valence-electron chi connectivity index (χ4n) is 6.00. The van der Waals surface area contributed by atoms with Crippen molar-refractivity contribution in [1.29, 1.82) is 0 Å². The van der Waals surface area contributed by atoms with E-state index in [4.69, 9.17) is 18.5 Å². The largest absolute Gasteiger partial charge is 0.472 e. The monoisotopic (exact) mass is 733 g/mol. The van der Waals surface area contributed by atoms with Gasteiger partial charge in [0.25, 0.3) is 0 Å². The number of nitrogens with zero attached hydrogens (tertiary/aromatic N) is 1. The number of quaternary nitrogens is 1. The van der Waals surface area contributed by atoms with Gasteiger partial charge < -0.3 is 18.9 Å². The van der Waals surface area contributed by atoms with Gasteiger partial charge >= 0.3 is 7.82 Å².